The van der Waals surface area contributed by atoms with E-state index in [1.54, 1.807) is 7.11 Å². The average Bonchev–Trinajstić information content (AvgIpc) is 3.18. The van der Waals surface area contributed by atoms with Gasteiger partial charge in [-0.15, -0.1) is 0 Å². The topological polar surface area (TPSA) is 85.3 Å². The molecule has 2 saturated heterocycles. The molecule has 2 aromatic rings. The van der Waals surface area contributed by atoms with Gasteiger partial charge in [0.05, 0.1) is 33.8 Å². The normalized spacial score (nSPS) is 25.6. The maximum atomic E-state index is 12.1. The molecular weight excluding hydrogens is 486 g/mol. The molecule has 0 aromatic heterocycles. The van der Waals surface area contributed by atoms with Crippen LogP contribution in [0.1, 0.15) is 38.7 Å². The Bertz CT molecular complexity index is 1090. The van der Waals surface area contributed by atoms with Gasteiger partial charge < -0.3 is 19.3 Å². The number of β-lactam (4-membered cyclic amide) rings is 1. The van der Waals surface area contributed by atoms with Gasteiger partial charge in [-0.3, -0.25) is 14.5 Å². The summed E-state index contributed by atoms with van der Waals surface area (Å²) in [5.41, 5.74) is 2.31. The molecule has 8 heteroatoms. The van der Waals surface area contributed by atoms with E-state index in [1.807, 2.05) is 36.4 Å². The van der Waals surface area contributed by atoms with Crippen LogP contribution in [0.15, 0.2) is 48.5 Å². The number of aryl methyl sites for hydroxylation is 1. The highest BCUT2D eigenvalue weighted by atomic mass is 28.3. The van der Waals surface area contributed by atoms with Gasteiger partial charge in [0.15, 0.2) is 6.23 Å². The number of methoxy groups -OCH3 is 1. The lowest BCUT2D eigenvalue weighted by Gasteiger charge is -2.39. The maximum Gasteiger partial charge on any atom is 0.304 e. The molecule has 1 N–H and O–H groups in total. The minimum absolute atomic E-state index is 0.0446. The summed E-state index contributed by atoms with van der Waals surface area (Å²) in [4.78, 5) is 24.9. The molecule has 0 aliphatic carbocycles. The van der Waals surface area contributed by atoms with Gasteiger partial charge >= 0.3 is 5.97 Å². The summed E-state index contributed by atoms with van der Waals surface area (Å²) in [6.45, 7) is 8.60. The van der Waals surface area contributed by atoms with Crippen molar-refractivity contribution in [2.75, 3.05) is 18.6 Å². The standard InChI is InChI=1S/C29H39NO6Si/c1-19-25(15-8-21-6-9-22(10-7-21)30-27(33)18-28(30)35-20(2)32)36-26(16-17-31)29(19)37(4,5)24-13-11-23(34-3)12-14-24/h6-7,9-14,19,25-26,28-29,31H,8,15-18H2,1-5H3/t19-,25+,26-,28?,29+/m0/s1. The van der Waals surface area contributed by atoms with Gasteiger partial charge in [0.1, 0.15) is 5.75 Å². The van der Waals surface area contributed by atoms with Crippen LogP contribution in [0, 0.1) is 5.92 Å². The van der Waals surface area contributed by atoms with E-state index in [0.717, 1.165) is 24.3 Å². The highest BCUT2D eigenvalue weighted by Crippen LogP contribution is 2.46. The summed E-state index contributed by atoms with van der Waals surface area (Å²) in [6.07, 6.45) is 2.29. The van der Waals surface area contributed by atoms with E-state index < -0.39 is 14.3 Å². The smallest absolute Gasteiger partial charge is 0.304 e. The Morgan fingerprint density at radius 2 is 1.76 bits per heavy atom. The lowest BCUT2D eigenvalue weighted by Crippen LogP contribution is -2.54. The van der Waals surface area contributed by atoms with E-state index in [1.165, 1.54) is 22.6 Å². The molecule has 1 unspecified atom stereocenters. The van der Waals surface area contributed by atoms with Crippen molar-refractivity contribution in [1.82, 2.24) is 0 Å². The van der Waals surface area contributed by atoms with Crippen LogP contribution in [0.4, 0.5) is 5.69 Å². The fraction of sp³-hybridized carbons (Fsp3) is 0.517. The van der Waals surface area contributed by atoms with Crippen molar-refractivity contribution < 1.29 is 28.9 Å². The predicted molar refractivity (Wildman–Crippen MR) is 146 cm³/mol. The zero-order chi connectivity index (χ0) is 26.7. The van der Waals surface area contributed by atoms with E-state index in [4.69, 9.17) is 14.2 Å². The summed E-state index contributed by atoms with van der Waals surface area (Å²) in [6, 6.07) is 16.4. The van der Waals surface area contributed by atoms with Crippen molar-refractivity contribution in [2.24, 2.45) is 5.92 Å². The summed E-state index contributed by atoms with van der Waals surface area (Å²) < 4.78 is 17.2. The van der Waals surface area contributed by atoms with Gasteiger partial charge in [-0.1, -0.05) is 49.5 Å². The number of anilines is 1. The van der Waals surface area contributed by atoms with Crippen molar-refractivity contribution in [1.29, 1.82) is 0 Å². The fourth-order valence-electron chi connectivity index (χ4n) is 6.16. The van der Waals surface area contributed by atoms with Gasteiger partial charge in [-0.2, -0.15) is 0 Å². The molecule has 4 rings (SSSR count). The minimum atomic E-state index is -1.90. The van der Waals surface area contributed by atoms with Gasteiger partial charge in [0.25, 0.3) is 0 Å². The number of hydrogen-bond acceptors (Lipinski definition) is 6. The van der Waals surface area contributed by atoms with E-state index in [9.17, 15) is 14.7 Å². The molecule has 37 heavy (non-hydrogen) atoms. The second-order valence-corrected chi connectivity index (χ2v) is 15.5. The maximum absolute atomic E-state index is 12.1. The number of carbonyl (C=O) groups is 2. The molecule has 0 spiro atoms. The Morgan fingerprint density at radius 1 is 1.08 bits per heavy atom. The third kappa shape index (κ3) is 5.76. The van der Waals surface area contributed by atoms with Crippen LogP contribution < -0.4 is 14.8 Å². The van der Waals surface area contributed by atoms with Gasteiger partial charge in [-0.25, -0.2) is 0 Å². The van der Waals surface area contributed by atoms with Crippen molar-refractivity contribution in [3.05, 3.63) is 54.1 Å². The molecule has 2 aliphatic heterocycles. The van der Waals surface area contributed by atoms with Gasteiger partial charge in [0.2, 0.25) is 5.91 Å². The SMILES string of the molecule is COc1ccc([Si](C)(C)[C@@H]2[C@@H](C)[C@@H](CCc3ccc(N4C(=O)CC4OC(C)=O)cc3)O[C@H]2CCO)cc1. The average molecular weight is 526 g/mol. The monoisotopic (exact) mass is 525 g/mol. The zero-order valence-electron chi connectivity index (χ0n) is 22.5. The molecule has 2 aliphatic rings. The Hall–Kier alpha value is -2.68. The number of ether oxygens (including phenoxy) is 3. The second-order valence-electron chi connectivity index (χ2n) is 10.8. The summed E-state index contributed by atoms with van der Waals surface area (Å²) >= 11 is 0. The number of hydrogen-bond donors (Lipinski definition) is 1. The molecule has 200 valence electrons. The van der Waals surface area contributed by atoms with Crippen molar-refractivity contribution >= 4 is 30.8 Å². The van der Waals surface area contributed by atoms with Crippen LogP contribution in [0.2, 0.25) is 18.6 Å². The lowest BCUT2D eigenvalue weighted by molar-refractivity contribution is -0.153. The number of aliphatic hydroxyl groups is 1. The molecule has 2 fully saturated rings. The number of nitrogens with zero attached hydrogens (tertiary/aromatic N) is 1. The Balaban J connectivity index is 1.42. The number of benzene rings is 2. The minimum Gasteiger partial charge on any atom is -0.497 e. The summed E-state index contributed by atoms with van der Waals surface area (Å²) in [5.74, 6) is 0.806. The first-order valence-corrected chi connectivity index (χ1v) is 16.2. The number of esters is 1. The third-order valence-electron chi connectivity index (χ3n) is 8.12. The van der Waals surface area contributed by atoms with Crippen LogP contribution in [0.5, 0.6) is 5.75 Å². The highest BCUT2D eigenvalue weighted by molar-refractivity contribution is 6.91. The molecule has 1 amide bonds. The van der Waals surface area contributed by atoms with E-state index in [2.05, 4.69) is 32.2 Å². The Morgan fingerprint density at radius 3 is 2.32 bits per heavy atom. The van der Waals surface area contributed by atoms with E-state index >= 15 is 0 Å². The van der Waals surface area contributed by atoms with Crippen molar-refractivity contribution in [2.45, 2.75) is 76.6 Å². The van der Waals surface area contributed by atoms with Gasteiger partial charge in [0, 0.05) is 19.2 Å². The van der Waals surface area contributed by atoms with Crippen molar-refractivity contribution in [3.63, 3.8) is 0 Å². The molecule has 0 radical (unpaired) electrons. The van der Waals surface area contributed by atoms with Crippen LogP contribution >= 0.6 is 0 Å². The van der Waals surface area contributed by atoms with Crippen LogP contribution in [0.3, 0.4) is 0 Å². The summed E-state index contributed by atoms with van der Waals surface area (Å²) in [7, 11) is -0.219. The fourth-order valence-corrected chi connectivity index (χ4v) is 10.3. The van der Waals surface area contributed by atoms with E-state index in [-0.39, 0.29) is 37.1 Å². The van der Waals surface area contributed by atoms with Crippen LogP contribution in [0.25, 0.3) is 0 Å². The number of amides is 1. The number of carbonyl (C=O) groups excluding carboxylic acids is 2. The first-order chi connectivity index (χ1) is 17.6. The van der Waals surface area contributed by atoms with Gasteiger partial charge in [-0.05, 0) is 60.6 Å². The molecular formula is C29H39NO6Si. The zero-order valence-corrected chi connectivity index (χ0v) is 23.5. The molecule has 0 saturated carbocycles. The first kappa shape index (κ1) is 27.4. The molecule has 2 aromatic carbocycles. The number of rotatable bonds is 10. The largest absolute Gasteiger partial charge is 0.497 e. The molecule has 0 bridgehead atoms. The predicted octanol–water partition coefficient (Wildman–Crippen LogP) is 4.03. The summed E-state index contributed by atoms with van der Waals surface area (Å²) in [5, 5.41) is 11.1. The van der Waals surface area contributed by atoms with Crippen molar-refractivity contribution in [3.8, 4) is 5.75 Å². The van der Waals surface area contributed by atoms with Crippen LogP contribution in [-0.2, 0) is 25.5 Å². The quantitative estimate of drug-likeness (QED) is 0.287. The number of aliphatic hydroxyl groups excluding tert-OH is 1. The van der Waals surface area contributed by atoms with E-state index in [0.29, 0.717) is 17.9 Å². The first-order valence-electron chi connectivity index (χ1n) is 13.1. The Kier molecular flexibility index (Phi) is 8.41. The lowest BCUT2D eigenvalue weighted by atomic mass is 9.95. The molecule has 5 atom stereocenters. The Labute approximate surface area is 220 Å². The molecule has 7 nitrogen and oxygen atoms in total. The third-order valence-corrected chi connectivity index (χ3v) is 12.5. The van der Waals surface area contributed by atoms with Crippen LogP contribution in [-0.4, -0.2) is 57.2 Å². The molecule has 2 heterocycles. The second kappa shape index (κ2) is 11.4. The highest BCUT2D eigenvalue weighted by Gasteiger charge is 2.50.